The lowest BCUT2D eigenvalue weighted by Crippen LogP contribution is -2.58. The van der Waals surface area contributed by atoms with E-state index in [1.54, 1.807) is 4.90 Å². The van der Waals surface area contributed by atoms with Crippen molar-refractivity contribution in [3.8, 4) is 0 Å². The lowest BCUT2D eigenvalue weighted by molar-refractivity contribution is 0.0696. The normalized spacial score (nSPS) is 19.3. The molecule has 2 aliphatic rings. The highest BCUT2D eigenvalue weighted by molar-refractivity contribution is 6.07. The molecule has 9 heteroatoms. The molecule has 25 heavy (non-hydrogen) atoms. The van der Waals surface area contributed by atoms with Gasteiger partial charge in [0.2, 0.25) is 11.9 Å². The van der Waals surface area contributed by atoms with Crippen molar-refractivity contribution in [1.29, 1.82) is 0 Å². The van der Waals surface area contributed by atoms with Crippen LogP contribution in [0.3, 0.4) is 0 Å². The van der Waals surface area contributed by atoms with Gasteiger partial charge in [0.15, 0.2) is 0 Å². The third-order valence-corrected chi connectivity index (χ3v) is 4.52. The second-order valence-electron chi connectivity index (χ2n) is 6.20. The van der Waals surface area contributed by atoms with E-state index in [9.17, 15) is 19.8 Å². The predicted molar refractivity (Wildman–Crippen MR) is 91.9 cm³/mol. The molecule has 0 radical (unpaired) electrons. The van der Waals surface area contributed by atoms with E-state index in [0.29, 0.717) is 18.5 Å². The average Bonchev–Trinajstić information content (AvgIpc) is 2.54. The van der Waals surface area contributed by atoms with Gasteiger partial charge in [0.25, 0.3) is 0 Å². The maximum Gasteiger partial charge on any atom is 0.335 e. The average molecular weight is 345 g/mol. The Labute approximate surface area is 143 Å². The minimum Gasteiger partial charge on any atom is -0.478 e. The third-order valence-electron chi connectivity index (χ3n) is 4.52. The first-order valence-electron chi connectivity index (χ1n) is 7.94. The van der Waals surface area contributed by atoms with Crippen LogP contribution in [0.2, 0.25) is 0 Å². The Morgan fingerprint density at radius 2 is 1.56 bits per heavy atom. The molecular weight excluding hydrogens is 326 g/mol. The number of carboxylic acid groups (broad SMARTS) is 2. The van der Waals surface area contributed by atoms with Crippen molar-refractivity contribution in [2.24, 2.45) is 21.5 Å². The molecular formula is C16H19N5O4. The van der Waals surface area contributed by atoms with E-state index in [2.05, 4.69) is 9.98 Å². The van der Waals surface area contributed by atoms with Gasteiger partial charge in [0.05, 0.1) is 11.1 Å². The Balaban J connectivity index is 2.17. The molecule has 1 spiro atoms. The summed E-state index contributed by atoms with van der Waals surface area (Å²) in [6, 6.07) is 3.87. The molecule has 1 aromatic rings. The van der Waals surface area contributed by atoms with Crippen LogP contribution in [0.15, 0.2) is 28.2 Å². The Hall–Kier alpha value is -3.10. The fourth-order valence-corrected chi connectivity index (χ4v) is 3.48. The highest BCUT2D eigenvalue weighted by atomic mass is 16.4. The zero-order chi connectivity index (χ0) is 18.2. The number of guanidine groups is 2. The standard InChI is InChI=1S/C16H19N5O4/c17-14-19-15(18)21(16(20-14)4-2-1-3-5-16)11-7-9(12(22)23)6-10(8-11)13(24)25/h6-8H,1-5H2,(H,22,23)(H,24,25)(H4,17,18,19,20). The molecule has 6 N–H and O–H groups in total. The first-order valence-corrected chi connectivity index (χ1v) is 7.94. The summed E-state index contributed by atoms with van der Waals surface area (Å²) in [6.07, 6.45) is 4.21. The number of carbonyl (C=O) groups is 2. The van der Waals surface area contributed by atoms with Gasteiger partial charge in [-0.3, -0.25) is 4.90 Å². The lowest BCUT2D eigenvalue weighted by Gasteiger charge is -2.45. The molecule has 0 unspecified atom stereocenters. The van der Waals surface area contributed by atoms with E-state index in [4.69, 9.17) is 11.5 Å². The topological polar surface area (TPSA) is 155 Å². The van der Waals surface area contributed by atoms with Crippen LogP contribution in [0.5, 0.6) is 0 Å². The van der Waals surface area contributed by atoms with Crippen molar-refractivity contribution in [3.63, 3.8) is 0 Å². The van der Waals surface area contributed by atoms with Crippen LogP contribution in [0, 0.1) is 0 Å². The van der Waals surface area contributed by atoms with Gasteiger partial charge in [0.1, 0.15) is 5.66 Å². The second kappa shape index (κ2) is 6.08. The lowest BCUT2D eigenvalue weighted by atomic mass is 9.87. The Morgan fingerprint density at radius 3 is 2.08 bits per heavy atom. The molecule has 1 heterocycles. The Kier molecular flexibility index (Phi) is 4.07. The van der Waals surface area contributed by atoms with Crippen LogP contribution in [0.4, 0.5) is 5.69 Å². The van der Waals surface area contributed by atoms with Gasteiger partial charge in [-0.1, -0.05) is 6.42 Å². The van der Waals surface area contributed by atoms with Crippen molar-refractivity contribution < 1.29 is 19.8 Å². The van der Waals surface area contributed by atoms with E-state index in [1.165, 1.54) is 12.1 Å². The van der Waals surface area contributed by atoms with Crippen LogP contribution in [-0.2, 0) is 0 Å². The molecule has 1 saturated carbocycles. The molecule has 0 aromatic heterocycles. The summed E-state index contributed by atoms with van der Waals surface area (Å²) in [4.78, 5) is 32.9. The van der Waals surface area contributed by atoms with Crippen molar-refractivity contribution in [2.45, 2.75) is 37.8 Å². The zero-order valence-electron chi connectivity index (χ0n) is 13.5. The van der Waals surface area contributed by atoms with E-state index >= 15 is 0 Å². The summed E-state index contributed by atoms with van der Waals surface area (Å²) in [7, 11) is 0. The van der Waals surface area contributed by atoms with Gasteiger partial charge in [0, 0.05) is 5.69 Å². The van der Waals surface area contributed by atoms with Crippen LogP contribution < -0.4 is 16.4 Å². The zero-order valence-corrected chi connectivity index (χ0v) is 13.5. The summed E-state index contributed by atoms with van der Waals surface area (Å²) in [5, 5.41) is 18.6. The number of carboxylic acids is 2. The summed E-state index contributed by atoms with van der Waals surface area (Å²) < 4.78 is 0. The largest absolute Gasteiger partial charge is 0.478 e. The number of aromatic carboxylic acids is 2. The molecule has 3 rings (SSSR count). The van der Waals surface area contributed by atoms with Crippen molar-refractivity contribution in [2.75, 3.05) is 4.90 Å². The summed E-state index contributed by atoms with van der Waals surface area (Å²) in [6.45, 7) is 0. The first-order chi connectivity index (χ1) is 11.8. The molecule has 1 aliphatic carbocycles. The second-order valence-corrected chi connectivity index (χ2v) is 6.20. The monoisotopic (exact) mass is 345 g/mol. The number of rotatable bonds is 3. The van der Waals surface area contributed by atoms with Crippen LogP contribution in [0.1, 0.15) is 52.8 Å². The SMILES string of the molecule is NC1=NC2(CCCCC2)N(c2cc(C(=O)O)cc(C(=O)O)c2)C(N)=N1. The number of nitrogens with zero attached hydrogens (tertiary/aromatic N) is 3. The molecule has 1 aliphatic heterocycles. The van der Waals surface area contributed by atoms with E-state index in [1.807, 2.05) is 0 Å². The summed E-state index contributed by atoms with van der Waals surface area (Å²) >= 11 is 0. The molecule has 0 amide bonds. The van der Waals surface area contributed by atoms with Crippen molar-refractivity contribution >= 4 is 29.5 Å². The third kappa shape index (κ3) is 3.00. The summed E-state index contributed by atoms with van der Waals surface area (Å²) in [5.41, 5.74) is 11.2. The van der Waals surface area contributed by atoms with Gasteiger partial charge in [-0.15, -0.1) is 0 Å². The van der Waals surface area contributed by atoms with Crippen molar-refractivity contribution in [3.05, 3.63) is 29.3 Å². The Bertz CT molecular complexity index is 763. The minimum atomic E-state index is -1.22. The maximum absolute atomic E-state index is 11.4. The molecule has 9 nitrogen and oxygen atoms in total. The molecule has 132 valence electrons. The number of anilines is 1. The molecule has 1 fully saturated rings. The minimum absolute atomic E-state index is 0.0727. The number of aliphatic imine (C=N–C) groups is 2. The maximum atomic E-state index is 11.4. The number of hydrogen-bond donors (Lipinski definition) is 4. The highest BCUT2D eigenvalue weighted by Gasteiger charge is 2.42. The van der Waals surface area contributed by atoms with Gasteiger partial charge in [-0.2, -0.15) is 4.99 Å². The Morgan fingerprint density at radius 1 is 1.00 bits per heavy atom. The number of nitrogens with two attached hydrogens (primary N) is 2. The molecule has 0 bridgehead atoms. The smallest absolute Gasteiger partial charge is 0.335 e. The fraction of sp³-hybridized carbons (Fsp3) is 0.375. The van der Waals surface area contributed by atoms with Crippen LogP contribution in [-0.4, -0.2) is 39.7 Å². The first kappa shape index (κ1) is 16.7. The summed E-state index contributed by atoms with van der Waals surface area (Å²) in [5.74, 6) is -2.30. The van der Waals surface area contributed by atoms with E-state index < -0.39 is 17.6 Å². The fourth-order valence-electron chi connectivity index (χ4n) is 3.48. The van der Waals surface area contributed by atoms with Gasteiger partial charge in [-0.05, 0) is 43.9 Å². The van der Waals surface area contributed by atoms with Crippen molar-refractivity contribution in [1.82, 2.24) is 0 Å². The van der Waals surface area contributed by atoms with Gasteiger partial charge in [-0.25, -0.2) is 14.6 Å². The van der Waals surface area contributed by atoms with E-state index in [0.717, 1.165) is 25.3 Å². The van der Waals surface area contributed by atoms with E-state index in [-0.39, 0.29) is 23.0 Å². The number of hydrogen-bond acceptors (Lipinski definition) is 7. The quantitative estimate of drug-likeness (QED) is 0.641. The highest BCUT2D eigenvalue weighted by Crippen LogP contribution is 2.39. The number of benzene rings is 1. The van der Waals surface area contributed by atoms with Gasteiger partial charge < -0.3 is 21.7 Å². The molecule has 0 atom stereocenters. The van der Waals surface area contributed by atoms with Crippen LogP contribution >= 0.6 is 0 Å². The van der Waals surface area contributed by atoms with Gasteiger partial charge >= 0.3 is 11.9 Å². The van der Waals surface area contributed by atoms with Crippen LogP contribution in [0.25, 0.3) is 0 Å². The molecule has 0 saturated heterocycles. The molecule has 1 aromatic carbocycles. The predicted octanol–water partition coefficient (Wildman–Crippen LogP) is 1.19.